The summed E-state index contributed by atoms with van der Waals surface area (Å²) >= 11 is 0. The maximum absolute atomic E-state index is 11.9. The van der Waals surface area contributed by atoms with Crippen molar-refractivity contribution in [1.29, 1.82) is 5.26 Å². The molecule has 1 aliphatic heterocycles. The lowest BCUT2D eigenvalue weighted by Gasteiger charge is -2.36. The van der Waals surface area contributed by atoms with Crippen molar-refractivity contribution in [2.75, 3.05) is 36.8 Å². The van der Waals surface area contributed by atoms with Gasteiger partial charge in [0.15, 0.2) is 0 Å². The Labute approximate surface area is 156 Å². The highest BCUT2D eigenvalue weighted by Crippen LogP contribution is 2.30. The van der Waals surface area contributed by atoms with Crippen LogP contribution in [0.15, 0.2) is 42.7 Å². The van der Waals surface area contributed by atoms with Crippen LogP contribution in [0, 0.1) is 11.3 Å². The average molecular weight is 361 g/mol. The normalized spacial score (nSPS) is 14.3. The van der Waals surface area contributed by atoms with Crippen LogP contribution in [-0.2, 0) is 4.79 Å². The van der Waals surface area contributed by atoms with Gasteiger partial charge >= 0.3 is 0 Å². The van der Waals surface area contributed by atoms with Gasteiger partial charge in [0, 0.05) is 49.6 Å². The molecule has 2 aromatic heterocycles. The lowest BCUT2D eigenvalue weighted by molar-refractivity contribution is -0.130. The lowest BCUT2D eigenvalue weighted by Crippen LogP contribution is -2.48. The molecule has 8 nitrogen and oxygen atoms in total. The molecule has 4 rings (SSSR count). The Bertz CT molecular complexity index is 1030. The number of nitrogens with zero attached hydrogens (tertiary/aromatic N) is 6. The van der Waals surface area contributed by atoms with Gasteiger partial charge in [-0.3, -0.25) is 4.79 Å². The van der Waals surface area contributed by atoms with Crippen LogP contribution in [0.5, 0.6) is 0 Å². The number of rotatable bonds is 3. The number of fused-ring (bicyclic) bond motifs is 1. The Morgan fingerprint density at radius 1 is 1.19 bits per heavy atom. The van der Waals surface area contributed by atoms with E-state index in [0.717, 1.165) is 35.5 Å². The van der Waals surface area contributed by atoms with Gasteiger partial charge in [-0.15, -0.1) is 0 Å². The third-order valence-electron chi connectivity index (χ3n) is 4.82. The van der Waals surface area contributed by atoms with Gasteiger partial charge < -0.3 is 20.1 Å². The predicted octanol–water partition coefficient (Wildman–Crippen LogP) is 1.56. The fourth-order valence-corrected chi connectivity index (χ4v) is 3.50. The van der Waals surface area contributed by atoms with E-state index in [2.05, 4.69) is 27.0 Å². The van der Waals surface area contributed by atoms with Gasteiger partial charge in [-0.2, -0.15) is 10.2 Å². The van der Waals surface area contributed by atoms with Gasteiger partial charge in [-0.25, -0.2) is 4.98 Å². The first kappa shape index (κ1) is 16.8. The van der Waals surface area contributed by atoms with Gasteiger partial charge in [0.1, 0.15) is 12.2 Å². The molecule has 2 N–H and O–H groups in total. The summed E-state index contributed by atoms with van der Waals surface area (Å²) in [4.78, 5) is 24.2. The smallest absolute Gasteiger partial charge is 0.236 e. The maximum Gasteiger partial charge on any atom is 0.236 e. The highest BCUT2D eigenvalue weighted by molar-refractivity contribution is 5.94. The molecular weight excluding hydrogens is 342 g/mol. The summed E-state index contributed by atoms with van der Waals surface area (Å²) in [6.45, 7) is 2.73. The van der Waals surface area contributed by atoms with Crippen LogP contribution in [0.2, 0.25) is 0 Å². The van der Waals surface area contributed by atoms with Crippen molar-refractivity contribution in [2.24, 2.45) is 0 Å². The van der Waals surface area contributed by atoms with Crippen LogP contribution in [-0.4, -0.2) is 51.5 Å². The number of hydrogen-bond donors (Lipinski definition) is 1. The molecule has 1 aromatic carbocycles. The Kier molecular flexibility index (Phi) is 4.34. The maximum atomic E-state index is 11.9. The summed E-state index contributed by atoms with van der Waals surface area (Å²) in [6.07, 6.45) is 3.56. The lowest BCUT2D eigenvalue weighted by atomic mass is 10.1. The first-order chi connectivity index (χ1) is 13.2. The van der Waals surface area contributed by atoms with Gasteiger partial charge in [0.05, 0.1) is 11.6 Å². The largest absolute Gasteiger partial charge is 0.368 e. The van der Waals surface area contributed by atoms with E-state index in [4.69, 9.17) is 11.0 Å². The molecule has 1 amide bonds. The van der Waals surface area contributed by atoms with Crippen molar-refractivity contribution in [1.82, 2.24) is 19.4 Å². The van der Waals surface area contributed by atoms with E-state index in [1.807, 2.05) is 35.0 Å². The van der Waals surface area contributed by atoms with Gasteiger partial charge in [0.25, 0.3) is 0 Å². The van der Waals surface area contributed by atoms with E-state index in [9.17, 15) is 4.79 Å². The van der Waals surface area contributed by atoms with E-state index < -0.39 is 0 Å². The number of nitriles is 1. The van der Waals surface area contributed by atoms with Crippen LogP contribution in [0.3, 0.4) is 0 Å². The number of nitrogens with two attached hydrogens (primary N) is 1. The topological polar surface area (TPSA) is 104 Å². The molecule has 1 saturated heterocycles. The molecule has 8 heteroatoms. The molecule has 0 radical (unpaired) electrons. The average Bonchev–Trinajstić information content (AvgIpc) is 3.12. The summed E-state index contributed by atoms with van der Waals surface area (Å²) in [5, 5.41) is 9.82. The molecular formula is C19H19N7O. The minimum Gasteiger partial charge on any atom is -0.368 e. The Hall–Kier alpha value is -3.60. The second-order valence-corrected chi connectivity index (χ2v) is 6.37. The molecule has 0 aliphatic carbocycles. The Morgan fingerprint density at radius 2 is 2.00 bits per heavy atom. The minimum absolute atomic E-state index is 0.0551. The molecule has 0 atom stereocenters. The number of benzene rings is 1. The van der Waals surface area contributed by atoms with Gasteiger partial charge in [-0.05, 0) is 24.3 Å². The van der Waals surface area contributed by atoms with Crippen molar-refractivity contribution in [3.63, 3.8) is 0 Å². The second kappa shape index (κ2) is 6.96. The quantitative estimate of drug-likeness (QED) is 0.759. The molecule has 3 aromatic rings. The molecule has 0 spiro atoms. The molecule has 27 heavy (non-hydrogen) atoms. The number of anilines is 2. The zero-order valence-electron chi connectivity index (χ0n) is 14.7. The van der Waals surface area contributed by atoms with E-state index in [-0.39, 0.29) is 18.3 Å². The van der Waals surface area contributed by atoms with Crippen molar-refractivity contribution in [3.05, 3.63) is 42.7 Å². The van der Waals surface area contributed by atoms with Crippen LogP contribution < -0.4 is 10.6 Å². The Morgan fingerprint density at radius 3 is 2.74 bits per heavy atom. The monoisotopic (exact) mass is 361 g/mol. The summed E-state index contributed by atoms with van der Waals surface area (Å²) < 4.78 is 1.99. The fourth-order valence-electron chi connectivity index (χ4n) is 3.50. The van der Waals surface area contributed by atoms with Gasteiger partial charge in [0.2, 0.25) is 11.9 Å². The number of carbonyl (C=O) groups is 1. The predicted molar refractivity (Wildman–Crippen MR) is 102 cm³/mol. The van der Waals surface area contributed by atoms with E-state index in [0.29, 0.717) is 13.1 Å². The Balaban J connectivity index is 1.61. The second-order valence-electron chi connectivity index (χ2n) is 6.37. The van der Waals surface area contributed by atoms with Crippen molar-refractivity contribution in [2.45, 2.75) is 6.42 Å². The SMILES string of the molecule is N#CCC(=O)N1CCN(c2cccc3c2ccn3-c2ccnc(N)n2)CC1. The van der Waals surface area contributed by atoms with Crippen LogP contribution in [0.25, 0.3) is 16.7 Å². The number of aromatic nitrogens is 3. The molecule has 1 aliphatic rings. The van der Waals surface area contributed by atoms with Crippen molar-refractivity contribution in [3.8, 4) is 11.9 Å². The summed E-state index contributed by atoms with van der Waals surface area (Å²) in [6, 6.07) is 12.0. The number of amides is 1. The third-order valence-corrected chi connectivity index (χ3v) is 4.82. The zero-order valence-corrected chi connectivity index (χ0v) is 14.7. The first-order valence-corrected chi connectivity index (χ1v) is 8.76. The fraction of sp³-hybridized carbons (Fsp3) is 0.263. The number of nitrogen functional groups attached to an aromatic ring is 1. The number of hydrogen-bond acceptors (Lipinski definition) is 6. The van der Waals surface area contributed by atoms with Crippen molar-refractivity contribution < 1.29 is 4.79 Å². The molecule has 0 unspecified atom stereocenters. The van der Waals surface area contributed by atoms with Crippen LogP contribution >= 0.6 is 0 Å². The van der Waals surface area contributed by atoms with Gasteiger partial charge in [-0.1, -0.05) is 6.07 Å². The first-order valence-electron chi connectivity index (χ1n) is 8.76. The molecule has 136 valence electrons. The number of piperazine rings is 1. The summed E-state index contributed by atoms with van der Waals surface area (Å²) in [5.74, 6) is 0.869. The molecule has 0 bridgehead atoms. The molecule has 1 fully saturated rings. The van der Waals surface area contributed by atoms with E-state index >= 15 is 0 Å². The molecule has 3 heterocycles. The number of carbonyl (C=O) groups excluding carboxylic acids is 1. The van der Waals surface area contributed by atoms with Crippen molar-refractivity contribution >= 4 is 28.4 Å². The van der Waals surface area contributed by atoms with Crippen LogP contribution in [0.4, 0.5) is 11.6 Å². The summed E-state index contributed by atoms with van der Waals surface area (Å²) in [7, 11) is 0. The standard InChI is InChI=1S/C19H19N7O/c20-7-4-18(27)25-12-10-24(11-13-25)15-2-1-3-16-14(15)6-9-26(16)17-5-8-22-19(21)23-17/h1-3,5-6,8-9H,4,10-13H2,(H2,21,22,23). The third kappa shape index (κ3) is 3.15. The minimum atomic E-state index is -0.0946. The van der Waals surface area contributed by atoms with E-state index in [1.54, 1.807) is 11.1 Å². The highest BCUT2D eigenvalue weighted by atomic mass is 16.2. The highest BCUT2D eigenvalue weighted by Gasteiger charge is 2.22. The van der Waals surface area contributed by atoms with Crippen LogP contribution in [0.1, 0.15) is 6.42 Å². The zero-order chi connectivity index (χ0) is 18.8. The van der Waals surface area contributed by atoms with E-state index in [1.165, 1.54) is 0 Å². The molecule has 0 saturated carbocycles. The summed E-state index contributed by atoms with van der Waals surface area (Å²) in [5.41, 5.74) is 7.88.